The molecule has 4 saturated carbocycles. The summed E-state index contributed by atoms with van der Waals surface area (Å²) in [6.45, 7) is 6.68. The number of fused-ring (bicyclic) bond motifs is 5. The summed E-state index contributed by atoms with van der Waals surface area (Å²) in [6, 6.07) is 0. The molecule has 3 nitrogen and oxygen atoms in total. The number of carbonyl (C=O) groups is 1. The van der Waals surface area contributed by atoms with Crippen LogP contribution in [0.5, 0.6) is 0 Å². The van der Waals surface area contributed by atoms with Crippen molar-refractivity contribution in [3.8, 4) is 0 Å². The highest BCUT2D eigenvalue weighted by Crippen LogP contribution is 2.67. The molecule has 2 unspecified atom stereocenters. The molecule has 25 heavy (non-hydrogen) atoms. The number of ether oxygens (including phenoxy) is 1. The maximum absolute atomic E-state index is 12.5. The fourth-order valence-corrected chi connectivity index (χ4v) is 8.18. The largest absolute Gasteiger partial charge is 0.393 e. The zero-order valence-electron chi connectivity index (χ0n) is 16.5. The zero-order valence-corrected chi connectivity index (χ0v) is 16.5. The summed E-state index contributed by atoms with van der Waals surface area (Å²) in [5, 5.41) is 10.2. The van der Waals surface area contributed by atoms with Gasteiger partial charge in [0.1, 0.15) is 5.78 Å². The van der Waals surface area contributed by atoms with Gasteiger partial charge in [-0.05, 0) is 92.8 Å². The van der Waals surface area contributed by atoms with Crippen LogP contribution in [0.1, 0.15) is 72.1 Å². The number of aliphatic hydroxyl groups is 1. The van der Waals surface area contributed by atoms with E-state index in [2.05, 4.69) is 13.8 Å². The molecule has 0 aliphatic heterocycles. The van der Waals surface area contributed by atoms with Crippen molar-refractivity contribution in [3.05, 3.63) is 0 Å². The molecule has 0 spiro atoms. The molecule has 0 aromatic rings. The molecule has 4 aliphatic rings. The SMILES string of the molecule is CO[C@@H]1C[C@H]2[C@@H]3CCC4CC(O)CC[C@]4(C)[C@H]3CC[C@]2(C)[C@H]1C(C)=O. The predicted molar refractivity (Wildman–Crippen MR) is 98.1 cm³/mol. The number of ketones is 1. The molecule has 0 bridgehead atoms. The number of hydrogen-bond donors (Lipinski definition) is 1. The Balaban J connectivity index is 1.64. The third-order valence-corrected chi connectivity index (χ3v) is 9.38. The Kier molecular flexibility index (Phi) is 4.35. The second-order valence-electron chi connectivity index (χ2n) is 10.2. The number of Topliss-reactive ketones (excluding diaryl/α,β-unsaturated/α-hetero) is 1. The van der Waals surface area contributed by atoms with Crippen molar-refractivity contribution in [3.63, 3.8) is 0 Å². The summed E-state index contributed by atoms with van der Waals surface area (Å²) in [4.78, 5) is 12.5. The van der Waals surface area contributed by atoms with Gasteiger partial charge in [0, 0.05) is 13.0 Å². The average molecular weight is 349 g/mol. The highest BCUT2D eigenvalue weighted by Gasteiger charge is 2.63. The minimum absolute atomic E-state index is 0.0741. The number of rotatable bonds is 2. The fourth-order valence-electron chi connectivity index (χ4n) is 8.18. The summed E-state index contributed by atoms with van der Waals surface area (Å²) < 4.78 is 5.81. The molecule has 0 aromatic carbocycles. The lowest BCUT2D eigenvalue weighted by Gasteiger charge is -2.60. The van der Waals surface area contributed by atoms with Crippen molar-refractivity contribution in [1.82, 2.24) is 0 Å². The zero-order chi connectivity index (χ0) is 18.0. The minimum atomic E-state index is -0.0741. The van der Waals surface area contributed by atoms with Gasteiger partial charge in [0.25, 0.3) is 0 Å². The summed E-state index contributed by atoms with van der Waals surface area (Å²) >= 11 is 0. The van der Waals surface area contributed by atoms with Crippen molar-refractivity contribution in [2.75, 3.05) is 7.11 Å². The smallest absolute Gasteiger partial charge is 0.136 e. The van der Waals surface area contributed by atoms with Crippen molar-refractivity contribution in [2.45, 2.75) is 84.3 Å². The van der Waals surface area contributed by atoms with E-state index in [4.69, 9.17) is 4.74 Å². The van der Waals surface area contributed by atoms with Gasteiger partial charge in [-0.1, -0.05) is 13.8 Å². The van der Waals surface area contributed by atoms with Crippen LogP contribution in [0.3, 0.4) is 0 Å². The van der Waals surface area contributed by atoms with Crippen molar-refractivity contribution >= 4 is 5.78 Å². The van der Waals surface area contributed by atoms with Crippen LogP contribution in [0.25, 0.3) is 0 Å². The highest BCUT2D eigenvalue weighted by atomic mass is 16.5. The Morgan fingerprint density at radius 1 is 1.00 bits per heavy atom. The van der Waals surface area contributed by atoms with Gasteiger partial charge in [-0.2, -0.15) is 0 Å². The molecule has 4 fully saturated rings. The van der Waals surface area contributed by atoms with E-state index >= 15 is 0 Å². The van der Waals surface area contributed by atoms with E-state index in [1.165, 1.54) is 32.1 Å². The van der Waals surface area contributed by atoms with Crippen LogP contribution in [0, 0.1) is 40.4 Å². The Bertz CT molecular complexity index is 545. The van der Waals surface area contributed by atoms with E-state index in [-0.39, 0.29) is 23.5 Å². The summed E-state index contributed by atoms with van der Waals surface area (Å²) in [7, 11) is 1.79. The molecule has 1 N–H and O–H groups in total. The molecular weight excluding hydrogens is 312 g/mol. The molecule has 0 radical (unpaired) electrons. The first-order chi connectivity index (χ1) is 11.8. The lowest BCUT2D eigenvalue weighted by molar-refractivity contribution is -0.140. The van der Waals surface area contributed by atoms with Crippen molar-refractivity contribution < 1.29 is 14.6 Å². The van der Waals surface area contributed by atoms with Crippen molar-refractivity contribution in [1.29, 1.82) is 0 Å². The lowest BCUT2D eigenvalue weighted by Crippen LogP contribution is -2.54. The highest BCUT2D eigenvalue weighted by molar-refractivity contribution is 5.80. The van der Waals surface area contributed by atoms with Gasteiger partial charge in [0.05, 0.1) is 12.2 Å². The third kappa shape index (κ3) is 2.48. The molecule has 4 aliphatic carbocycles. The molecule has 142 valence electrons. The Hall–Kier alpha value is -0.410. The van der Waals surface area contributed by atoms with Crippen LogP contribution in [0.2, 0.25) is 0 Å². The Labute approximate surface area is 152 Å². The van der Waals surface area contributed by atoms with Gasteiger partial charge in [0.2, 0.25) is 0 Å². The van der Waals surface area contributed by atoms with Crippen LogP contribution in [0.15, 0.2) is 0 Å². The van der Waals surface area contributed by atoms with E-state index in [1.54, 1.807) is 14.0 Å². The van der Waals surface area contributed by atoms with Crippen molar-refractivity contribution in [2.24, 2.45) is 40.4 Å². The van der Waals surface area contributed by atoms with Gasteiger partial charge in [-0.3, -0.25) is 4.79 Å². The lowest BCUT2D eigenvalue weighted by atomic mass is 9.44. The van der Waals surface area contributed by atoms with E-state index in [9.17, 15) is 9.90 Å². The average Bonchev–Trinajstić information content (AvgIpc) is 2.88. The topological polar surface area (TPSA) is 46.5 Å². The predicted octanol–water partition coefficient (Wildman–Crippen LogP) is 4.22. The summed E-state index contributed by atoms with van der Waals surface area (Å²) in [5.74, 6) is 3.27. The van der Waals surface area contributed by atoms with E-state index in [0.717, 1.165) is 31.1 Å². The normalized spacial score (nSPS) is 55.2. The van der Waals surface area contributed by atoms with Gasteiger partial charge >= 0.3 is 0 Å². The Morgan fingerprint density at radius 3 is 2.40 bits per heavy atom. The van der Waals surface area contributed by atoms with Crippen LogP contribution in [-0.4, -0.2) is 30.2 Å². The fraction of sp³-hybridized carbons (Fsp3) is 0.955. The molecule has 0 amide bonds. The quantitative estimate of drug-likeness (QED) is 0.813. The Morgan fingerprint density at radius 2 is 1.72 bits per heavy atom. The first-order valence-electron chi connectivity index (χ1n) is 10.5. The maximum Gasteiger partial charge on any atom is 0.136 e. The summed E-state index contributed by atoms with van der Waals surface area (Å²) in [5.41, 5.74) is 0.533. The van der Waals surface area contributed by atoms with E-state index in [1.807, 2.05) is 0 Å². The monoisotopic (exact) mass is 348 g/mol. The van der Waals surface area contributed by atoms with Crippen LogP contribution in [-0.2, 0) is 9.53 Å². The van der Waals surface area contributed by atoms with E-state index < -0.39 is 0 Å². The molecule has 9 atom stereocenters. The first kappa shape index (κ1) is 18.0. The molecule has 4 rings (SSSR count). The minimum Gasteiger partial charge on any atom is -0.393 e. The van der Waals surface area contributed by atoms with E-state index in [0.29, 0.717) is 23.0 Å². The van der Waals surface area contributed by atoms with Gasteiger partial charge in [-0.15, -0.1) is 0 Å². The van der Waals surface area contributed by atoms with Gasteiger partial charge < -0.3 is 9.84 Å². The number of carbonyl (C=O) groups excluding carboxylic acids is 1. The third-order valence-electron chi connectivity index (χ3n) is 9.38. The van der Waals surface area contributed by atoms with Crippen LogP contribution in [0.4, 0.5) is 0 Å². The molecule has 0 aromatic heterocycles. The van der Waals surface area contributed by atoms with Gasteiger partial charge in [-0.25, -0.2) is 0 Å². The maximum atomic E-state index is 12.5. The number of methoxy groups -OCH3 is 1. The molecule has 0 saturated heterocycles. The molecular formula is C22H36O3. The summed E-state index contributed by atoms with van der Waals surface area (Å²) in [6.07, 6.45) is 9.29. The van der Waals surface area contributed by atoms with Crippen LogP contribution >= 0.6 is 0 Å². The standard InChI is InChI=1S/C22H36O3/c1-13(23)20-19(25-4)12-18-16-6-5-14-11-15(24)7-9-21(14,2)17(16)8-10-22(18,20)3/h14-20,24H,5-12H2,1-4H3/t14?,15?,16-,17+,18+,19-,20+,21+,22+/m1/s1. The second-order valence-corrected chi connectivity index (χ2v) is 10.2. The second kappa shape index (κ2) is 6.05. The van der Waals surface area contributed by atoms with Crippen LogP contribution < -0.4 is 0 Å². The first-order valence-corrected chi connectivity index (χ1v) is 10.5. The number of aliphatic hydroxyl groups excluding tert-OH is 1. The number of hydrogen-bond acceptors (Lipinski definition) is 3. The molecule has 0 heterocycles. The molecule has 3 heteroatoms. The van der Waals surface area contributed by atoms with Gasteiger partial charge in [0.15, 0.2) is 0 Å².